The maximum Gasteiger partial charge on any atom is 0.240 e. The summed E-state index contributed by atoms with van der Waals surface area (Å²) in [5, 5.41) is 0. The molecule has 3 N–H and O–H groups in total. The SMILES string of the molecule is CSCCCCCCNS(=O)(=O)c1ccccc1CN. The minimum absolute atomic E-state index is 0.228. The molecule has 20 heavy (non-hydrogen) atoms. The van der Waals surface area contributed by atoms with Gasteiger partial charge in [-0.3, -0.25) is 0 Å². The van der Waals surface area contributed by atoms with E-state index in [0.29, 0.717) is 17.0 Å². The third-order valence-electron chi connectivity index (χ3n) is 3.05. The van der Waals surface area contributed by atoms with Crippen molar-refractivity contribution in [2.24, 2.45) is 5.73 Å². The summed E-state index contributed by atoms with van der Waals surface area (Å²) < 4.78 is 27.0. The summed E-state index contributed by atoms with van der Waals surface area (Å²) in [6.07, 6.45) is 6.38. The molecule has 1 rings (SSSR count). The van der Waals surface area contributed by atoms with Crippen LogP contribution in [0.4, 0.5) is 0 Å². The Balaban J connectivity index is 2.42. The first-order valence-electron chi connectivity index (χ1n) is 6.88. The van der Waals surface area contributed by atoms with Crippen LogP contribution in [0.2, 0.25) is 0 Å². The van der Waals surface area contributed by atoms with Crippen molar-refractivity contribution in [3.8, 4) is 0 Å². The molecule has 0 aliphatic rings. The average Bonchev–Trinajstić information content (AvgIpc) is 2.46. The Morgan fingerprint density at radius 2 is 1.85 bits per heavy atom. The molecule has 1 aromatic carbocycles. The van der Waals surface area contributed by atoms with Crippen molar-refractivity contribution in [2.75, 3.05) is 18.6 Å². The first kappa shape index (κ1) is 17.5. The summed E-state index contributed by atoms with van der Waals surface area (Å²) in [6.45, 7) is 0.715. The van der Waals surface area contributed by atoms with Gasteiger partial charge in [-0.1, -0.05) is 31.0 Å². The van der Waals surface area contributed by atoms with Crippen molar-refractivity contribution in [3.63, 3.8) is 0 Å². The highest BCUT2D eigenvalue weighted by molar-refractivity contribution is 7.98. The van der Waals surface area contributed by atoms with Crippen LogP contribution >= 0.6 is 11.8 Å². The van der Waals surface area contributed by atoms with E-state index in [1.807, 2.05) is 11.8 Å². The van der Waals surface area contributed by atoms with E-state index in [9.17, 15) is 8.42 Å². The standard InChI is InChI=1S/C14H24N2O2S2/c1-19-11-7-3-2-6-10-16-20(17,18)14-9-5-4-8-13(14)12-15/h4-5,8-9,16H,2-3,6-7,10-12,15H2,1H3. The lowest BCUT2D eigenvalue weighted by molar-refractivity contribution is 0.572. The first-order chi connectivity index (χ1) is 9.61. The molecule has 0 saturated heterocycles. The van der Waals surface area contributed by atoms with Crippen molar-refractivity contribution in [2.45, 2.75) is 37.1 Å². The number of thioether (sulfide) groups is 1. The van der Waals surface area contributed by atoms with Gasteiger partial charge in [0.05, 0.1) is 4.90 Å². The zero-order valence-electron chi connectivity index (χ0n) is 12.0. The lowest BCUT2D eigenvalue weighted by Crippen LogP contribution is -2.26. The van der Waals surface area contributed by atoms with E-state index in [4.69, 9.17) is 5.73 Å². The Bertz CT molecular complexity index is 490. The second-order valence-electron chi connectivity index (χ2n) is 4.62. The monoisotopic (exact) mass is 316 g/mol. The van der Waals surface area contributed by atoms with Gasteiger partial charge < -0.3 is 5.73 Å². The number of nitrogens with two attached hydrogens (primary N) is 1. The molecule has 0 aromatic heterocycles. The van der Waals surface area contributed by atoms with Gasteiger partial charge in [0, 0.05) is 13.1 Å². The molecular weight excluding hydrogens is 292 g/mol. The minimum Gasteiger partial charge on any atom is -0.326 e. The van der Waals surface area contributed by atoms with Crippen molar-refractivity contribution >= 4 is 21.8 Å². The van der Waals surface area contributed by atoms with E-state index in [2.05, 4.69) is 11.0 Å². The lowest BCUT2D eigenvalue weighted by atomic mass is 10.2. The zero-order chi connectivity index (χ0) is 14.8. The molecule has 0 spiro atoms. The van der Waals surface area contributed by atoms with Crippen LogP contribution in [0.3, 0.4) is 0 Å². The maximum atomic E-state index is 12.2. The number of hydrogen-bond donors (Lipinski definition) is 2. The third-order valence-corrected chi connectivity index (χ3v) is 5.31. The van der Waals surface area contributed by atoms with Crippen molar-refractivity contribution < 1.29 is 8.42 Å². The van der Waals surface area contributed by atoms with Crippen LogP contribution in [0.1, 0.15) is 31.2 Å². The van der Waals surface area contributed by atoms with E-state index in [0.717, 1.165) is 19.3 Å². The van der Waals surface area contributed by atoms with Crippen molar-refractivity contribution in [1.82, 2.24) is 4.72 Å². The predicted octanol–water partition coefficient (Wildman–Crippen LogP) is 2.35. The summed E-state index contributed by atoms with van der Waals surface area (Å²) >= 11 is 1.85. The van der Waals surface area contributed by atoms with E-state index in [1.54, 1.807) is 24.3 Å². The summed E-state index contributed by atoms with van der Waals surface area (Å²) in [5.41, 5.74) is 6.23. The highest BCUT2D eigenvalue weighted by atomic mass is 32.2. The van der Waals surface area contributed by atoms with Crippen LogP contribution < -0.4 is 10.5 Å². The second-order valence-corrected chi connectivity index (χ2v) is 7.34. The topological polar surface area (TPSA) is 72.2 Å². The van der Waals surface area contributed by atoms with Crippen molar-refractivity contribution in [1.29, 1.82) is 0 Å². The van der Waals surface area contributed by atoms with Gasteiger partial charge in [-0.2, -0.15) is 11.8 Å². The first-order valence-corrected chi connectivity index (χ1v) is 9.76. The molecule has 0 fully saturated rings. The molecule has 0 atom stereocenters. The second kappa shape index (κ2) is 9.39. The summed E-state index contributed by atoms with van der Waals surface area (Å²) in [5.74, 6) is 1.18. The molecule has 1 aromatic rings. The van der Waals surface area contributed by atoms with Gasteiger partial charge in [0.25, 0.3) is 0 Å². The van der Waals surface area contributed by atoms with Gasteiger partial charge in [0.15, 0.2) is 0 Å². The van der Waals surface area contributed by atoms with Crippen LogP contribution in [0.25, 0.3) is 0 Å². The highest BCUT2D eigenvalue weighted by Gasteiger charge is 2.16. The number of nitrogens with one attached hydrogen (secondary N) is 1. The summed E-state index contributed by atoms with van der Waals surface area (Å²) in [7, 11) is -3.43. The van der Waals surface area contributed by atoms with Crippen molar-refractivity contribution in [3.05, 3.63) is 29.8 Å². The highest BCUT2D eigenvalue weighted by Crippen LogP contribution is 2.14. The lowest BCUT2D eigenvalue weighted by Gasteiger charge is -2.10. The quantitative estimate of drug-likeness (QED) is 0.650. The largest absolute Gasteiger partial charge is 0.326 e. The smallest absolute Gasteiger partial charge is 0.240 e. The Morgan fingerprint density at radius 1 is 1.15 bits per heavy atom. The van der Waals surface area contributed by atoms with E-state index < -0.39 is 10.0 Å². The van der Waals surface area contributed by atoms with E-state index in [1.165, 1.54) is 12.2 Å². The third kappa shape index (κ3) is 5.83. The van der Waals surface area contributed by atoms with Gasteiger partial charge in [-0.05, 0) is 36.5 Å². The number of sulfonamides is 1. The molecule has 0 radical (unpaired) electrons. The Morgan fingerprint density at radius 3 is 2.55 bits per heavy atom. The Hall–Kier alpha value is -0.560. The minimum atomic E-state index is -3.43. The molecule has 0 aliphatic carbocycles. The molecule has 0 amide bonds. The molecular formula is C14H24N2O2S2. The summed E-state index contributed by atoms with van der Waals surface area (Å²) in [6, 6.07) is 6.86. The zero-order valence-corrected chi connectivity index (χ0v) is 13.6. The number of unbranched alkanes of at least 4 members (excludes halogenated alkanes) is 3. The Labute approximate surface area is 126 Å². The Kier molecular flexibility index (Phi) is 8.21. The molecule has 0 saturated carbocycles. The van der Waals surface area contributed by atoms with Gasteiger partial charge in [0.1, 0.15) is 0 Å². The molecule has 0 unspecified atom stereocenters. The van der Waals surface area contributed by atoms with E-state index in [-0.39, 0.29) is 6.54 Å². The molecule has 0 aliphatic heterocycles. The maximum absolute atomic E-state index is 12.2. The van der Waals surface area contributed by atoms with Crippen LogP contribution in [-0.4, -0.2) is 27.0 Å². The molecule has 6 heteroatoms. The molecule has 114 valence electrons. The number of benzene rings is 1. The average molecular weight is 316 g/mol. The van der Waals surface area contributed by atoms with Crippen LogP contribution in [0, 0.1) is 0 Å². The molecule has 4 nitrogen and oxygen atoms in total. The fraction of sp³-hybridized carbons (Fsp3) is 0.571. The van der Waals surface area contributed by atoms with Gasteiger partial charge in [-0.25, -0.2) is 13.1 Å². The predicted molar refractivity (Wildman–Crippen MR) is 86.4 cm³/mol. The van der Waals surface area contributed by atoms with Gasteiger partial charge >= 0.3 is 0 Å². The van der Waals surface area contributed by atoms with E-state index >= 15 is 0 Å². The van der Waals surface area contributed by atoms with Crippen LogP contribution in [-0.2, 0) is 16.6 Å². The summed E-state index contributed by atoms with van der Waals surface area (Å²) in [4.78, 5) is 0.296. The van der Waals surface area contributed by atoms with Crippen LogP contribution in [0.5, 0.6) is 0 Å². The fourth-order valence-corrected chi connectivity index (χ4v) is 3.76. The van der Waals surface area contributed by atoms with Gasteiger partial charge in [-0.15, -0.1) is 0 Å². The van der Waals surface area contributed by atoms with Gasteiger partial charge in [0.2, 0.25) is 10.0 Å². The number of hydrogen-bond acceptors (Lipinski definition) is 4. The number of rotatable bonds is 10. The normalized spacial score (nSPS) is 11.7. The molecule has 0 heterocycles. The molecule has 0 bridgehead atoms. The fourth-order valence-electron chi connectivity index (χ4n) is 1.94. The van der Waals surface area contributed by atoms with Crippen LogP contribution in [0.15, 0.2) is 29.2 Å².